The summed E-state index contributed by atoms with van der Waals surface area (Å²) in [6.45, 7) is 6.01. The van der Waals surface area contributed by atoms with Gasteiger partial charge in [-0.2, -0.15) is 11.1 Å². The van der Waals surface area contributed by atoms with Crippen molar-refractivity contribution in [3.8, 4) is 0 Å². The molecule has 0 aliphatic rings. The lowest BCUT2D eigenvalue weighted by Gasteiger charge is -2.11. The van der Waals surface area contributed by atoms with Crippen molar-refractivity contribution < 1.29 is 4.74 Å². The molecule has 0 amide bonds. The van der Waals surface area contributed by atoms with E-state index in [1.54, 1.807) is 0 Å². The van der Waals surface area contributed by atoms with Crippen molar-refractivity contribution in [2.45, 2.75) is 45.0 Å². The van der Waals surface area contributed by atoms with Gasteiger partial charge in [0.2, 0.25) is 0 Å². The zero-order chi connectivity index (χ0) is 12.6. The van der Waals surface area contributed by atoms with Crippen molar-refractivity contribution in [3.05, 3.63) is 35.9 Å². The van der Waals surface area contributed by atoms with Crippen LogP contribution >= 0.6 is 11.1 Å². The summed E-state index contributed by atoms with van der Waals surface area (Å²) in [6, 6.07) is 11.5. The van der Waals surface area contributed by atoms with E-state index in [-0.39, 0.29) is 0 Å². The first-order valence-corrected chi connectivity index (χ1v) is 10.6. The zero-order valence-corrected chi connectivity index (χ0v) is 12.7. The summed E-state index contributed by atoms with van der Waals surface area (Å²) in [6.07, 6.45) is 3.63. The summed E-state index contributed by atoms with van der Waals surface area (Å²) in [5.41, 5.74) is 1.25. The third-order valence-electron chi connectivity index (χ3n) is 2.67. The van der Waals surface area contributed by atoms with Crippen molar-refractivity contribution >= 4 is 18.5 Å². The molecule has 1 rings (SSSR count). The molecule has 0 aromatic heterocycles. The van der Waals surface area contributed by atoms with E-state index in [1.807, 2.05) is 18.2 Å². The van der Waals surface area contributed by atoms with Crippen LogP contribution in [0.2, 0.25) is 19.1 Å². The highest BCUT2D eigenvalue weighted by Gasteiger charge is 2.15. The molecule has 0 heterocycles. The number of hydrogen-bond donors (Lipinski definition) is 0. The Labute approximate surface area is 111 Å². The maximum Gasteiger partial charge on any atom is 0.150 e. The first-order chi connectivity index (χ1) is 8.08. The molecule has 0 spiro atoms. The molecular weight excluding hydrogens is 248 g/mol. The minimum absolute atomic E-state index is 0.733. The minimum Gasteiger partial charge on any atom is -0.377 e. The average Bonchev–Trinajstić information content (AvgIpc) is 2.28. The van der Waals surface area contributed by atoms with Crippen LogP contribution in [0.15, 0.2) is 30.3 Å². The van der Waals surface area contributed by atoms with Crippen LogP contribution in [0.25, 0.3) is 0 Å². The molecule has 0 unspecified atom stereocenters. The van der Waals surface area contributed by atoms with Crippen LogP contribution in [-0.4, -0.2) is 14.0 Å². The van der Waals surface area contributed by atoms with Gasteiger partial charge >= 0.3 is 0 Å². The maximum atomic E-state index is 6.26. The number of ether oxygens (including phenoxy) is 1. The third-order valence-corrected chi connectivity index (χ3v) is 4.78. The molecule has 0 radical (unpaired) electrons. The molecule has 0 aliphatic carbocycles. The van der Waals surface area contributed by atoms with Crippen molar-refractivity contribution in [2.24, 2.45) is 0 Å². The predicted molar refractivity (Wildman–Crippen MR) is 78.1 cm³/mol. The van der Waals surface area contributed by atoms with Crippen LogP contribution in [0.4, 0.5) is 0 Å². The van der Waals surface area contributed by atoms with Crippen LogP contribution in [0, 0.1) is 0 Å². The smallest absolute Gasteiger partial charge is 0.150 e. The summed E-state index contributed by atoms with van der Waals surface area (Å²) < 4.78 is 5.63. The van der Waals surface area contributed by atoms with E-state index >= 15 is 0 Å². The molecule has 0 N–H and O–H groups in total. The molecule has 17 heavy (non-hydrogen) atoms. The number of benzene rings is 1. The van der Waals surface area contributed by atoms with E-state index in [2.05, 4.69) is 25.2 Å². The number of hydrogen-bond acceptors (Lipinski definition) is 1. The topological polar surface area (TPSA) is 9.23 Å². The van der Waals surface area contributed by atoms with E-state index in [0.29, 0.717) is 0 Å². The molecule has 0 atom stereocenters. The van der Waals surface area contributed by atoms with E-state index < -0.39 is 7.38 Å². The van der Waals surface area contributed by atoms with Crippen LogP contribution in [0.3, 0.4) is 0 Å². The minimum atomic E-state index is -1.35. The van der Waals surface area contributed by atoms with E-state index in [4.69, 9.17) is 15.8 Å². The van der Waals surface area contributed by atoms with Gasteiger partial charge in [0, 0.05) is 6.61 Å². The Hall–Kier alpha value is -0.313. The summed E-state index contributed by atoms with van der Waals surface area (Å²) in [7, 11) is -1.35. The van der Waals surface area contributed by atoms with Gasteiger partial charge in [0.05, 0.1) is 6.61 Å². The van der Waals surface area contributed by atoms with Gasteiger partial charge in [-0.15, -0.1) is 0 Å². The van der Waals surface area contributed by atoms with Crippen LogP contribution < -0.4 is 0 Å². The molecule has 1 aromatic carbocycles. The Morgan fingerprint density at radius 2 is 1.76 bits per heavy atom. The van der Waals surface area contributed by atoms with Gasteiger partial charge in [-0.05, 0) is 18.0 Å². The molecular formula is C14H23ClOSi. The Morgan fingerprint density at radius 3 is 2.41 bits per heavy atom. The zero-order valence-electron chi connectivity index (χ0n) is 10.9. The van der Waals surface area contributed by atoms with Gasteiger partial charge in [-0.25, -0.2) is 0 Å². The lowest BCUT2D eigenvalue weighted by atomic mass is 10.2. The summed E-state index contributed by atoms with van der Waals surface area (Å²) in [5, 5.41) is 0. The largest absolute Gasteiger partial charge is 0.377 e. The molecule has 1 nitrogen and oxygen atoms in total. The Bertz CT molecular complexity index is 295. The Balaban J connectivity index is 1.95. The summed E-state index contributed by atoms with van der Waals surface area (Å²) in [5.74, 6) is 0. The summed E-state index contributed by atoms with van der Waals surface area (Å²) >= 11 is 6.26. The fraction of sp³-hybridized carbons (Fsp3) is 0.571. The second-order valence-corrected chi connectivity index (χ2v) is 12.1. The molecule has 96 valence electrons. The SMILES string of the molecule is C[Si](C)(Cl)CCCCCOCc1ccccc1. The average molecular weight is 271 g/mol. The molecule has 1 aromatic rings. The van der Waals surface area contributed by atoms with Gasteiger partial charge in [0.1, 0.15) is 7.38 Å². The third kappa shape index (κ3) is 8.42. The fourth-order valence-electron chi connectivity index (χ4n) is 1.69. The lowest BCUT2D eigenvalue weighted by Crippen LogP contribution is -2.15. The highest BCUT2D eigenvalue weighted by molar-refractivity contribution is 7.19. The first kappa shape index (κ1) is 14.7. The van der Waals surface area contributed by atoms with Crippen molar-refractivity contribution in [1.82, 2.24) is 0 Å². The molecule has 3 heteroatoms. The highest BCUT2D eigenvalue weighted by Crippen LogP contribution is 2.18. The van der Waals surface area contributed by atoms with Gasteiger partial charge in [-0.1, -0.05) is 56.3 Å². The molecule has 0 fully saturated rings. The Kier molecular flexibility index (Phi) is 6.86. The maximum absolute atomic E-state index is 6.26. The lowest BCUT2D eigenvalue weighted by molar-refractivity contribution is 0.117. The second kappa shape index (κ2) is 7.91. The van der Waals surface area contributed by atoms with E-state index in [0.717, 1.165) is 19.6 Å². The molecule has 0 saturated carbocycles. The number of unbranched alkanes of at least 4 members (excludes halogenated alkanes) is 2. The molecule has 0 bridgehead atoms. The van der Waals surface area contributed by atoms with Crippen molar-refractivity contribution in [3.63, 3.8) is 0 Å². The second-order valence-electron chi connectivity index (χ2n) is 5.07. The fourth-order valence-corrected chi connectivity index (χ4v) is 3.18. The molecule has 0 aliphatic heterocycles. The number of rotatable bonds is 8. The van der Waals surface area contributed by atoms with E-state index in [9.17, 15) is 0 Å². The van der Waals surface area contributed by atoms with Gasteiger partial charge in [0.25, 0.3) is 0 Å². The van der Waals surface area contributed by atoms with Gasteiger partial charge < -0.3 is 4.74 Å². The van der Waals surface area contributed by atoms with Crippen molar-refractivity contribution in [2.75, 3.05) is 6.61 Å². The normalized spacial score (nSPS) is 11.7. The van der Waals surface area contributed by atoms with Crippen LogP contribution in [0.5, 0.6) is 0 Å². The van der Waals surface area contributed by atoms with Gasteiger partial charge in [-0.3, -0.25) is 0 Å². The summed E-state index contributed by atoms with van der Waals surface area (Å²) in [4.78, 5) is 0. The van der Waals surface area contributed by atoms with Crippen LogP contribution in [-0.2, 0) is 11.3 Å². The first-order valence-electron chi connectivity index (χ1n) is 6.38. The highest BCUT2D eigenvalue weighted by atomic mass is 35.6. The molecule has 0 saturated heterocycles. The van der Waals surface area contributed by atoms with Crippen molar-refractivity contribution in [1.29, 1.82) is 0 Å². The Morgan fingerprint density at radius 1 is 1.06 bits per heavy atom. The standard InChI is InChI=1S/C14H23ClOSi/c1-17(2,15)12-8-4-7-11-16-13-14-9-5-3-6-10-14/h3,5-6,9-10H,4,7-8,11-13H2,1-2H3. The quantitative estimate of drug-likeness (QED) is 0.374. The number of halogens is 1. The van der Waals surface area contributed by atoms with Crippen LogP contribution in [0.1, 0.15) is 24.8 Å². The van der Waals surface area contributed by atoms with Gasteiger partial charge in [0.15, 0.2) is 0 Å². The monoisotopic (exact) mass is 270 g/mol. The van der Waals surface area contributed by atoms with E-state index in [1.165, 1.54) is 24.4 Å². The predicted octanol–water partition coefficient (Wildman–Crippen LogP) is 4.82.